The van der Waals surface area contributed by atoms with E-state index in [1.807, 2.05) is 24.3 Å². The Labute approximate surface area is 122 Å². The van der Waals surface area contributed by atoms with Gasteiger partial charge < -0.3 is 11.1 Å². The lowest BCUT2D eigenvalue weighted by Gasteiger charge is -2.12. The van der Waals surface area contributed by atoms with Crippen LogP contribution in [-0.2, 0) is 12.7 Å². The van der Waals surface area contributed by atoms with Crippen LogP contribution in [0.1, 0.15) is 11.1 Å². The molecule has 3 N–H and O–H groups in total. The third-order valence-electron chi connectivity index (χ3n) is 2.75. The van der Waals surface area contributed by atoms with Crippen molar-refractivity contribution in [2.24, 2.45) is 0 Å². The molecule has 6 heteroatoms. The first-order valence-corrected chi connectivity index (χ1v) is 6.60. The van der Waals surface area contributed by atoms with Crippen LogP contribution in [0, 0.1) is 0 Å². The molecule has 0 aliphatic rings. The number of rotatable bonds is 3. The molecule has 0 amide bonds. The Morgan fingerprint density at radius 1 is 1.10 bits per heavy atom. The molecule has 2 nitrogen and oxygen atoms in total. The maximum atomic E-state index is 12.5. The molecule has 0 bridgehead atoms. The van der Waals surface area contributed by atoms with Crippen LogP contribution in [0.15, 0.2) is 46.9 Å². The summed E-state index contributed by atoms with van der Waals surface area (Å²) in [5, 5.41) is 3.02. The summed E-state index contributed by atoms with van der Waals surface area (Å²) in [6.07, 6.45) is -4.38. The number of nitrogen functional groups attached to an aromatic ring is 1. The number of halogens is 4. The molecule has 0 atom stereocenters. The van der Waals surface area contributed by atoms with E-state index in [2.05, 4.69) is 21.2 Å². The quantitative estimate of drug-likeness (QED) is 0.794. The minimum absolute atomic E-state index is 0.0785. The molecule has 0 unspecified atom stereocenters. The van der Waals surface area contributed by atoms with Gasteiger partial charge in [0.2, 0.25) is 0 Å². The van der Waals surface area contributed by atoms with Crippen LogP contribution in [-0.4, -0.2) is 0 Å². The van der Waals surface area contributed by atoms with Gasteiger partial charge in [-0.1, -0.05) is 28.1 Å². The zero-order valence-corrected chi connectivity index (χ0v) is 11.9. The minimum Gasteiger partial charge on any atom is -0.397 e. The SMILES string of the molecule is Nc1cc(C(F)(F)F)ccc1NCc1cccc(Br)c1. The molecule has 0 aliphatic carbocycles. The highest BCUT2D eigenvalue weighted by Crippen LogP contribution is 2.32. The second kappa shape index (κ2) is 5.75. The molecule has 106 valence electrons. The van der Waals surface area contributed by atoms with Gasteiger partial charge in [0.1, 0.15) is 0 Å². The van der Waals surface area contributed by atoms with Gasteiger partial charge >= 0.3 is 6.18 Å². The number of benzene rings is 2. The fourth-order valence-corrected chi connectivity index (χ4v) is 2.19. The average Bonchev–Trinajstić information content (AvgIpc) is 2.36. The molecule has 2 aromatic rings. The van der Waals surface area contributed by atoms with Crippen LogP contribution < -0.4 is 11.1 Å². The van der Waals surface area contributed by atoms with Crippen molar-refractivity contribution in [1.29, 1.82) is 0 Å². The zero-order chi connectivity index (χ0) is 14.8. The van der Waals surface area contributed by atoms with Crippen LogP contribution in [0.4, 0.5) is 24.5 Å². The van der Waals surface area contributed by atoms with Crippen molar-refractivity contribution in [3.05, 3.63) is 58.1 Å². The lowest BCUT2D eigenvalue weighted by Crippen LogP contribution is -2.08. The molecular formula is C14H12BrF3N2. The highest BCUT2D eigenvalue weighted by Gasteiger charge is 2.30. The van der Waals surface area contributed by atoms with E-state index in [0.717, 1.165) is 22.2 Å². The second-order valence-electron chi connectivity index (χ2n) is 4.28. The molecule has 0 saturated carbocycles. The Balaban J connectivity index is 2.11. The van der Waals surface area contributed by atoms with Crippen molar-refractivity contribution in [1.82, 2.24) is 0 Å². The van der Waals surface area contributed by atoms with E-state index in [1.165, 1.54) is 6.07 Å². The van der Waals surface area contributed by atoms with E-state index in [0.29, 0.717) is 12.2 Å². The summed E-state index contributed by atoms with van der Waals surface area (Å²) >= 11 is 3.36. The van der Waals surface area contributed by atoms with E-state index >= 15 is 0 Å². The third-order valence-corrected chi connectivity index (χ3v) is 3.24. The normalized spacial score (nSPS) is 11.4. The molecule has 0 aliphatic heterocycles. The maximum absolute atomic E-state index is 12.5. The Hall–Kier alpha value is -1.69. The molecule has 0 spiro atoms. The van der Waals surface area contributed by atoms with Crippen LogP contribution >= 0.6 is 15.9 Å². The smallest absolute Gasteiger partial charge is 0.397 e. The minimum atomic E-state index is -4.38. The fraction of sp³-hybridized carbons (Fsp3) is 0.143. The van der Waals surface area contributed by atoms with Gasteiger partial charge in [0.15, 0.2) is 0 Å². The van der Waals surface area contributed by atoms with Gasteiger partial charge in [-0.3, -0.25) is 0 Å². The van der Waals surface area contributed by atoms with E-state index in [-0.39, 0.29) is 5.69 Å². The predicted octanol–water partition coefficient (Wildman–Crippen LogP) is 4.66. The van der Waals surface area contributed by atoms with Crippen molar-refractivity contribution >= 4 is 27.3 Å². The van der Waals surface area contributed by atoms with E-state index in [9.17, 15) is 13.2 Å². The molecule has 2 aromatic carbocycles. The number of nitrogens with one attached hydrogen (secondary N) is 1. The van der Waals surface area contributed by atoms with Gasteiger partial charge in [-0.15, -0.1) is 0 Å². The monoisotopic (exact) mass is 344 g/mol. The Bertz CT molecular complexity index is 612. The number of anilines is 2. The summed E-state index contributed by atoms with van der Waals surface area (Å²) in [5.74, 6) is 0. The molecule has 0 aromatic heterocycles. The zero-order valence-electron chi connectivity index (χ0n) is 10.3. The molecule has 20 heavy (non-hydrogen) atoms. The van der Waals surface area contributed by atoms with Gasteiger partial charge in [-0.25, -0.2) is 0 Å². The Morgan fingerprint density at radius 3 is 2.45 bits per heavy atom. The highest BCUT2D eigenvalue weighted by atomic mass is 79.9. The summed E-state index contributed by atoms with van der Waals surface area (Å²) in [4.78, 5) is 0. The largest absolute Gasteiger partial charge is 0.416 e. The first kappa shape index (κ1) is 14.7. The van der Waals surface area contributed by atoms with Crippen LogP contribution in [0.2, 0.25) is 0 Å². The lowest BCUT2D eigenvalue weighted by molar-refractivity contribution is -0.137. The molecule has 2 rings (SSSR count). The maximum Gasteiger partial charge on any atom is 0.416 e. The van der Waals surface area contributed by atoms with E-state index in [1.54, 1.807) is 0 Å². The molecule has 0 saturated heterocycles. The molecular weight excluding hydrogens is 333 g/mol. The number of hydrogen-bond acceptors (Lipinski definition) is 2. The summed E-state index contributed by atoms with van der Waals surface area (Å²) in [5.41, 5.74) is 6.45. The second-order valence-corrected chi connectivity index (χ2v) is 5.20. The molecule has 0 fully saturated rings. The first-order chi connectivity index (χ1) is 9.36. The first-order valence-electron chi connectivity index (χ1n) is 5.81. The lowest BCUT2D eigenvalue weighted by atomic mass is 10.1. The standard InChI is InChI=1S/C14H12BrF3N2/c15-11-3-1-2-9(6-11)8-20-13-5-4-10(7-12(13)19)14(16,17)18/h1-7,20H,8,19H2. The number of nitrogens with two attached hydrogens (primary N) is 1. The summed E-state index contributed by atoms with van der Waals surface area (Å²) in [6.45, 7) is 0.481. The van der Waals surface area contributed by atoms with E-state index < -0.39 is 11.7 Å². The topological polar surface area (TPSA) is 38.0 Å². The Kier molecular flexibility index (Phi) is 4.23. The van der Waals surface area contributed by atoms with Crippen LogP contribution in [0.3, 0.4) is 0 Å². The third kappa shape index (κ3) is 3.66. The van der Waals surface area contributed by atoms with Gasteiger partial charge in [-0.05, 0) is 35.9 Å². The van der Waals surface area contributed by atoms with Crippen molar-refractivity contribution < 1.29 is 13.2 Å². The van der Waals surface area contributed by atoms with Crippen molar-refractivity contribution in [2.75, 3.05) is 11.1 Å². The van der Waals surface area contributed by atoms with Crippen LogP contribution in [0.25, 0.3) is 0 Å². The van der Waals surface area contributed by atoms with Gasteiger partial charge in [-0.2, -0.15) is 13.2 Å². The summed E-state index contributed by atoms with van der Waals surface area (Å²) < 4.78 is 38.5. The fourth-order valence-electron chi connectivity index (χ4n) is 1.74. The highest BCUT2D eigenvalue weighted by molar-refractivity contribution is 9.10. The summed E-state index contributed by atoms with van der Waals surface area (Å²) in [6, 6.07) is 10.9. The van der Waals surface area contributed by atoms with Crippen molar-refractivity contribution in [2.45, 2.75) is 12.7 Å². The van der Waals surface area contributed by atoms with Crippen molar-refractivity contribution in [3.8, 4) is 0 Å². The Morgan fingerprint density at radius 2 is 1.85 bits per heavy atom. The average molecular weight is 345 g/mol. The predicted molar refractivity (Wildman–Crippen MR) is 77.3 cm³/mol. The molecule has 0 heterocycles. The van der Waals surface area contributed by atoms with E-state index in [4.69, 9.17) is 5.73 Å². The van der Waals surface area contributed by atoms with Crippen LogP contribution in [0.5, 0.6) is 0 Å². The van der Waals surface area contributed by atoms with Crippen molar-refractivity contribution in [3.63, 3.8) is 0 Å². The number of alkyl halides is 3. The van der Waals surface area contributed by atoms with Gasteiger partial charge in [0, 0.05) is 11.0 Å². The van der Waals surface area contributed by atoms with Gasteiger partial charge in [0.25, 0.3) is 0 Å². The number of hydrogen-bond donors (Lipinski definition) is 2. The summed E-state index contributed by atoms with van der Waals surface area (Å²) in [7, 11) is 0. The van der Waals surface area contributed by atoms with Gasteiger partial charge in [0.05, 0.1) is 16.9 Å². The molecule has 0 radical (unpaired) electrons.